The normalized spacial score (nSPS) is 34.3. The van der Waals surface area contributed by atoms with Crippen molar-refractivity contribution in [3.05, 3.63) is 0 Å². The number of nitrogens with one attached hydrogen (secondary N) is 2. The zero-order valence-corrected chi connectivity index (χ0v) is 11.9. The van der Waals surface area contributed by atoms with E-state index >= 15 is 0 Å². The van der Waals surface area contributed by atoms with Crippen molar-refractivity contribution in [2.24, 2.45) is 11.7 Å². The first-order chi connectivity index (χ1) is 9.52. The van der Waals surface area contributed by atoms with E-state index in [4.69, 9.17) is 10.8 Å². The molecule has 0 spiro atoms. The van der Waals surface area contributed by atoms with Crippen LogP contribution in [0.5, 0.6) is 0 Å². The van der Waals surface area contributed by atoms with Crippen LogP contribution in [0.25, 0.3) is 0 Å². The van der Waals surface area contributed by atoms with Gasteiger partial charge in [-0.15, -0.1) is 11.8 Å². The van der Waals surface area contributed by atoms with Gasteiger partial charge in [0, 0.05) is 23.8 Å². The van der Waals surface area contributed by atoms with Crippen molar-refractivity contribution in [3.8, 4) is 0 Å². The Morgan fingerprint density at radius 2 is 2.30 bits per heavy atom. The second kappa shape index (κ2) is 6.73. The molecule has 2 heterocycles. The van der Waals surface area contributed by atoms with Gasteiger partial charge in [-0.1, -0.05) is 0 Å². The molecule has 2 fully saturated rings. The number of thioether (sulfide) groups is 1. The minimum Gasteiger partial charge on any atom is -0.480 e. The first-order valence-electron chi connectivity index (χ1n) is 6.73. The van der Waals surface area contributed by atoms with Crippen LogP contribution in [-0.4, -0.2) is 59.3 Å². The highest BCUT2D eigenvalue weighted by atomic mass is 32.2. The summed E-state index contributed by atoms with van der Waals surface area (Å²) in [6.45, 7) is 0.350. The molecule has 0 bridgehead atoms. The van der Waals surface area contributed by atoms with Crippen molar-refractivity contribution in [1.82, 2.24) is 10.6 Å². The van der Waals surface area contributed by atoms with E-state index in [1.807, 2.05) is 0 Å². The Morgan fingerprint density at radius 3 is 2.95 bits per heavy atom. The van der Waals surface area contributed by atoms with Crippen LogP contribution in [0.3, 0.4) is 0 Å². The van der Waals surface area contributed by atoms with E-state index in [-0.39, 0.29) is 41.6 Å². The molecule has 0 aromatic carbocycles. The second-order valence-corrected chi connectivity index (χ2v) is 6.66. The SMILES string of the molecule is N[C@H](CNC(=O)C1CC2NCCC(CF)C2S1)C(=O)O. The van der Waals surface area contributed by atoms with Crippen LogP contribution >= 0.6 is 11.8 Å². The van der Waals surface area contributed by atoms with Crippen molar-refractivity contribution in [2.75, 3.05) is 19.8 Å². The number of carboxylic acid groups (broad SMARTS) is 1. The van der Waals surface area contributed by atoms with Gasteiger partial charge in [-0.05, 0) is 19.4 Å². The van der Waals surface area contributed by atoms with E-state index in [0.29, 0.717) is 6.42 Å². The van der Waals surface area contributed by atoms with Gasteiger partial charge in [-0.3, -0.25) is 14.0 Å². The molecule has 2 aliphatic rings. The lowest BCUT2D eigenvalue weighted by Crippen LogP contribution is -2.46. The fourth-order valence-electron chi connectivity index (χ4n) is 2.71. The number of aliphatic carboxylic acids is 1. The van der Waals surface area contributed by atoms with Gasteiger partial charge in [0.25, 0.3) is 0 Å². The van der Waals surface area contributed by atoms with E-state index in [9.17, 15) is 14.0 Å². The molecule has 0 saturated carbocycles. The summed E-state index contributed by atoms with van der Waals surface area (Å²) in [5.74, 6) is -1.34. The number of hydrogen-bond donors (Lipinski definition) is 4. The van der Waals surface area contributed by atoms with E-state index in [2.05, 4.69) is 10.6 Å². The zero-order chi connectivity index (χ0) is 14.7. The molecular formula is C12H20FN3O3S. The molecule has 1 amide bonds. The van der Waals surface area contributed by atoms with Crippen LogP contribution < -0.4 is 16.4 Å². The van der Waals surface area contributed by atoms with Gasteiger partial charge in [-0.25, -0.2) is 0 Å². The van der Waals surface area contributed by atoms with Crippen molar-refractivity contribution < 1.29 is 19.1 Å². The van der Waals surface area contributed by atoms with E-state index < -0.39 is 12.0 Å². The van der Waals surface area contributed by atoms with Gasteiger partial charge in [0.15, 0.2) is 0 Å². The lowest BCUT2D eigenvalue weighted by Gasteiger charge is -2.32. The number of hydrogen-bond acceptors (Lipinski definition) is 5. The van der Waals surface area contributed by atoms with Gasteiger partial charge in [-0.2, -0.15) is 0 Å². The number of carbonyl (C=O) groups excluding carboxylic acids is 1. The van der Waals surface area contributed by atoms with Crippen molar-refractivity contribution in [2.45, 2.75) is 35.4 Å². The molecular weight excluding hydrogens is 285 g/mol. The first kappa shape index (κ1) is 15.5. The van der Waals surface area contributed by atoms with Crippen LogP contribution in [-0.2, 0) is 9.59 Å². The summed E-state index contributed by atoms with van der Waals surface area (Å²) in [5.41, 5.74) is 5.34. The number of nitrogens with two attached hydrogens (primary N) is 1. The maximum absolute atomic E-state index is 13.0. The smallest absolute Gasteiger partial charge is 0.322 e. The number of rotatable bonds is 5. The lowest BCUT2D eigenvalue weighted by atomic mass is 9.91. The third-order valence-corrected chi connectivity index (χ3v) is 5.64. The average molecular weight is 305 g/mol. The zero-order valence-electron chi connectivity index (χ0n) is 11.0. The Kier molecular flexibility index (Phi) is 5.22. The van der Waals surface area contributed by atoms with Crippen molar-refractivity contribution in [1.29, 1.82) is 0 Å². The van der Waals surface area contributed by atoms with E-state index in [1.54, 1.807) is 0 Å². The Hall–Kier alpha value is -0.860. The predicted molar refractivity (Wildman–Crippen MR) is 74.3 cm³/mol. The van der Waals surface area contributed by atoms with Gasteiger partial charge >= 0.3 is 5.97 Å². The molecule has 114 valence electrons. The number of alkyl halides is 1. The fourth-order valence-corrected chi connectivity index (χ4v) is 4.44. The standard InChI is InChI=1S/C12H20FN3O3S/c13-4-6-1-2-15-8-3-9(20-10(6)8)11(17)16-5-7(14)12(18)19/h6-10,15H,1-5,14H2,(H,16,17)(H,18,19)/t6?,7-,8?,9?,10?/m1/s1. The Labute approximate surface area is 121 Å². The maximum Gasteiger partial charge on any atom is 0.322 e. The Bertz CT molecular complexity index is 385. The van der Waals surface area contributed by atoms with Crippen LogP contribution in [0.1, 0.15) is 12.8 Å². The topological polar surface area (TPSA) is 104 Å². The number of halogens is 1. The first-order valence-corrected chi connectivity index (χ1v) is 7.68. The Balaban J connectivity index is 1.85. The molecule has 2 aliphatic heterocycles. The molecule has 5 N–H and O–H groups in total. The third-order valence-electron chi connectivity index (χ3n) is 3.88. The minimum atomic E-state index is -1.14. The third kappa shape index (κ3) is 3.42. The van der Waals surface area contributed by atoms with Crippen LogP contribution in [0, 0.1) is 5.92 Å². The molecule has 0 aromatic heterocycles. The quantitative estimate of drug-likeness (QED) is 0.537. The Morgan fingerprint density at radius 1 is 1.55 bits per heavy atom. The summed E-state index contributed by atoms with van der Waals surface area (Å²) in [4.78, 5) is 22.6. The van der Waals surface area contributed by atoms with Gasteiger partial charge in [0.1, 0.15) is 6.04 Å². The van der Waals surface area contributed by atoms with Crippen LogP contribution in [0.4, 0.5) is 4.39 Å². The molecule has 0 radical (unpaired) electrons. The van der Waals surface area contributed by atoms with Gasteiger partial charge in [0.2, 0.25) is 5.91 Å². The molecule has 6 nitrogen and oxygen atoms in total. The van der Waals surface area contributed by atoms with Crippen LogP contribution in [0.15, 0.2) is 0 Å². The highest BCUT2D eigenvalue weighted by molar-refractivity contribution is 8.01. The molecule has 2 rings (SSSR count). The fraction of sp³-hybridized carbons (Fsp3) is 0.833. The molecule has 0 aliphatic carbocycles. The molecule has 20 heavy (non-hydrogen) atoms. The van der Waals surface area contributed by atoms with Gasteiger partial charge in [0.05, 0.1) is 11.9 Å². The number of carbonyl (C=O) groups is 2. The molecule has 0 aromatic rings. The number of piperidine rings is 1. The summed E-state index contributed by atoms with van der Waals surface area (Å²) in [6.07, 6.45) is 1.45. The second-order valence-electron chi connectivity index (χ2n) is 5.28. The summed E-state index contributed by atoms with van der Waals surface area (Å²) in [6, 6.07) is -0.928. The average Bonchev–Trinajstić information content (AvgIpc) is 2.87. The summed E-state index contributed by atoms with van der Waals surface area (Å²) in [5, 5.41) is 14.4. The minimum absolute atomic E-state index is 0.00493. The molecule has 5 atom stereocenters. The number of carboxylic acids is 1. The highest BCUT2D eigenvalue weighted by Gasteiger charge is 2.44. The summed E-state index contributed by atoms with van der Waals surface area (Å²) < 4.78 is 13.0. The largest absolute Gasteiger partial charge is 0.480 e. The predicted octanol–water partition coefficient (Wildman–Crippen LogP) is -0.664. The van der Waals surface area contributed by atoms with Crippen LogP contribution in [0.2, 0.25) is 0 Å². The number of amides is 1. The molecule has 2 saturated heterocycles. The van der Waals surface area contributed by atoms with E-state index in [1.165, 1.54) is 11.8 Å². The van der Waals surface area contributed by atoms with Gasteiger partial charge < -0.3 is 21.5 Å². The van der Waals surface area contributed by atoms with E-state index in [0.717, 1.165) is 13.0 Å². The summed E-state index contributed by atoms with van der Waals surface area (Å²) >= 11 is 1.49. The maximum atomic E-state index is 13.0. The summed E-state index contributed by atoms with van der Waals surface area (Å²) in [7, 11) is 0. The van der Waals surface area contributed by atoms with Crippen molar-refractivity contribution >= 4 is 23.6 Å². The highest BCUT2D eigenvalue weighted by Crippen LogP contribution is 2.41. The molecule has 8 heteroatoms. The number of fused-ring (bicyclic) bond motifs is 1. The monoisotopic (exact) mass is 305 g/mol. The molecule has 4 unspecified atom stereocenters. The van der Waals surface area contributed by atoms with Crippen molar-refractivity contribution in [3.63, 3.8) is 0 Å². The lowest BCUT2D eigenvalue weighted by molar-refractivity contribution is -0.138.